The number of rotatable bonds is 3. The molecule has 0 radical (unpaired) electrons. The zero-order valence-electron chi connectivity index (χ0n) is 14.8. The molecule has 0 aromatic heterocycles. The first-order chi connectivity index (χ1) is 11.6. The zero-order chi connectivity index (χ0) is 18.7. The van der Waals surface area contributed by atoms with Crippen LogP contribution in [0.5, 0.6) is 0 Å². The van der Waals surface area contributed by atoms with Crippen molar-refractivity contribution < 1.29 is 22.7 Å². The summed E-state index contributed by atoms with van der Waals surface area (Å²) in [6, 6.07) is 5.19. The molecule has 0 unspecified atom stereocenters. The first-order valence-corrected chi connectivity index (χ1v) is 8.47. The molecule has 1 atom stereocenters. The highest BCUT2D eigenvalue weighted by atomic mass is 19.4. The molecule has 1 N–H and O–H groups in total. The number of anilines is 1. The van der Waals surface area contributed by atoms with Gasteiger partial charge in [-0.05, 0) is 52.2 Å². The first-order valence-electron chi connectivity index (χ1n) is 8.47. The highest BCUT2D eigenvalue weighted by molar-refractivity contribution is 5.69. The van der Waals surface area contributed by atoms with Gasteiger partial charge in [-0.25, -0.2) is 4.79 Å². The third-order valence-corrected chi connectivity index (χ3v) is 4.02. The minimum Gasteiger partial charge on any atom is -0.444 e. The van der Waals surface area contributed by atoms with E-state index in [-0.39, 0.29) is 18.3 Å². The van der Waals surface area contributed by atoms with E-state index in [9.17, 15) is 18.0 Å². The quantitative estimate of drug-likeness (QED) is 0.835. The fourth-order valence-electron chi connectivity index (χ4n) is 2.89. The monoisotopic (exact) mass is 358 g/mol. The van der Waals surface area contributed by atoms with Crippen molar-refractivity contribution in [3.63, 3.8) is 0 Å². The van der Waals surface area contributed by atoms with Gasteiger partial charge in [0.05, 0.1) is 11.6 Å². The maximum Gasteiger partial charge on any atom is 0.418 e. The molecule has 140 valence electrons. The van der Waals surface area contributed by atoms with Crippen LogP contribution in [0.15, 0.2) is 24.3 Å². The van der Waals surface area contributed by atoms with Crippen molar-refractivity contribution in [1.82, 2.24) is 4.90 Å². The number of halogens is 3. The SMILES string of the molecule is CC(C)(C)OC(=O)N1CCCC[C@H]1CNc1ccccc1C(F)(F)F. The van der Waals surface area contributed by atoms with E-state index < -0.39 is 23.4 Å². The van der Waals surface area contributed by atoms with Crippen LogP contribution in [0.4, 0.5) is 23.7 Å². The van der Waals surface area contributed by atoms with Gasteiger partial charge in [0.15, 0.2) is 0 Å². The molecule has 0 aliphatic carbocycles. The zero-order valence-corrected chi connectivity index (χ0v) is 14.8. The maximum absolute atomic E-state index is 13.1. The van der Waals surface area contributed by atoms with E-state index in [1.165, 1.54) is 12.1 Å². The van der Waals surface area contributed by atoms with E-state index in [1.54, 1.807) is 31.7 Å². The number of hydrogen-bond acceptors (Lipinski definition) is 3. The molecule has 1 aliphatic rings. The Labute approximate surface area is 146 Å². The van der Waals surface area contributed by atoms with Crippen molar-refractivity contribution in [3.8, 4) is 0 Å². The predicted molar refractivity (Wildman–Crippen MR) is 90.5 cm³/mol. The first kappa shape index (κ1) is 19.4. The molecule has 0 spiro atoms. The number of piperidine rings is 1. The van der Waals surface area contributed by atoms with Gasteiger partial charge >= 0.3 is 12.3 Å². The van der Waals surface area contributed by atoms with Crippen molar-refractivity contribution in [1.29, 1.82) is 0 Å². The smallest absolute Gasteiger partial charge is 0.418 e. The van der Waals surface area contributed by atoms with Crippen molar-refractivity contribution >= 4 is 11.8 Å². The summed E-state index contributed by atoms with van der Waals surface area (Å²) in [5.74, 6) is 0. The number of hydrogen-bond donors (Lipinski definition) is 1. The number of carbonyl (C=O) groups excluding carboxylic acids is 1. The van der Waals surface area contributed by atoms with Gasteiger partial charge in [-0.3, -0.25) is 0 Å². The van der Waals surface area contributed by atoms with Crippen LogP contribution in [0.3, 0.4) is 0 Å². The van der Waals surface area contributed by atoms with Gasteiger partial charge in [0.1, 0.15) is 5.60 Å². The number of likely N-dealkylation sites (tertiary alicyclic amines) is 1. The van der Waals surface area contributed by atoms with Gasteiger partial charge in [0.25, 0.3) is 0 Å². The van der Waals surface area contributed by atoms with Crippen molar-refractivity contribution in [2.45, 2.75) is 57.9 Å². The second kappa shape index (κ2) is 7.54. The van der Waals surface area contributed by atoms with Crippen LogP contribution in [-0.2, 0) is 10.9 Å². The largest absolute Gasteiger partial charge is 0.444 e. The molecular weight excluding hydrogens is 333 g/mol. The average molecular weight is 358 g/mol. The Kier molecular flexibility index (Phi) is 5.85. The van der Waals surface area contributed by atoms with Crippen LogP contribution < -0.4 is 5.32 Å². The third-order valence-electron chi connectivity index (χ3n) is 4.02. The van der Waals surface area contributed by atoms with Gasteiger partial charge in [0.2, 0.25) is 0 Å². The number of nitrogens with zero attached hydrogens (tertiary/aromatic N) is 1. The third kappa shape index (κ3) is 5.54. The Morgan fingerprint density at radius 2 is 1.92 bits per heavy atom. The molecule has 0 saturated carbocycles. The summed E-state index contributed by atoms with van der Waals surface area (Å²) in [5, 5.41) is 2.87. The maximum atomic E-state index is 13.1. The second-order valence-corrected chi connectivity index (χ2v) is 7.25. The lowest BCUT2D eigenvalue weighted by molar-refractivity contribution is -0.137. The Balaban J connectivity index is 2.07. The Morgan fingerprint density at radius 1 is 1.24 bits per heavy atom. The van der Waals surface area contributed by atoms with Crippen LogP contribution in [0.2, 0.25) is 0 Å². The normalized spacial score (nSPS) is 18.8. The van der Waals surface area contributed by atoms with E-state index in [0.717, 1.165) is 25.3 Å². The molecule has 1 amide bonds. The lowest BCUT2D eigenvalue weighted by atomic mass is 10.0. The van der Waals surface area contributed by atoms with Gasteiger partial charge in [-0.1, -0.05) is 12.1 Å². The van der Waals surface area contributed by atoms with Crippen molar-refractivity contribution in [2.24, 2.45) is 0 Å². The van der Waals surface area contributed by atoms with Crippen LogP contribution in [0, 0.1) is 0 Å². The fraction of sp³-hybridized carbons (Fsp3) is 0.611. The number of ether oxygens (including phenoxy) is 1. The minimum absolute atomic E-state index is 0.0321. The molecule has 1 fully saturated rings. The highest BCUT2D eigenvalue weighted by Gasteiger charge is 2.34. The lowest BCUT2D eigenvalue weighted by Gasteiger charge is -2.37. The molecule has 4 nitrogen and oxygen atoms in total. The van der Waals surface area contributed by atoms with Crippen molar-refractivity contribution in [3.05, 3.63) is 29.8 Å². The minimum atomic E-state index is -4.42. The number of nitrogens with one attached hydrogen (secondary N) is 1. The van der Waals surface area contributed by atoms with Gasteiger partial charge in [-0.2, -0.15) is 13.2 Å². The predicted octanol–water partition coefficient (Wildman–Crippen LogP) is 4.91. The summed E-state index contributed by atoms with van der Waals surface area (Å²) in [7, 11) is 0. The number of benzene rings is 1. The average Bonchev–Trinajstić information content (AvgIpc) is 2.51. The summed E-state index contributed by atoms with van der Waals surface area (Å²) in [6.07, 6.45) is -2.29. The van der Waals surface area contributed by atoms with Crippen LogP contribution in [0.1, 0.15) is 45.6 Å². The number of para-hydroxylation sites is 1. The molecule has 25 heavy (non-hydrogen) atoms. The summed E-state index contributed by atoms with van der Waals surface area (Å²) in [5.41, 5.74) is -1.27. The van der Waals surface area contributed by atoms with Crippen LogP contribution >= 0.6 is 0 Å². The standard InChI is InChI=1S/C18H25F3N2O2/c1-17(2,3)25-16(24)23-11-7-6-8-13(23)12-22-15-10-5-4-9-14(15)18(19,20)21/h4-5,9-10,13,22H,6-8,11-12H2,1-3H3/t13-/m0/s1. The van der Waals surface area contributed by atoms with Crippen LogP contribution in [-0.4, -0.2) is 35.7 Å². The number of alkyl halides is 3. The van der Waals surface area contributed by atoms with E-state index in [0.29, 0.717) is 6.54 Å². The number of carbonyl (C=O) groups is 1. The van der Waals surface area contributed by atoms with E-state index in [1.807, 2.05) is 0 Å². The molecular formula is C18H25F3N2O2. The lowest BCUT2D eigenvalue weighted by Crippen LogP contribution is -2.49. The van der Waals surface area contributed by atoms with E-state index in [4.69, 9.17) is 4.74 Å². The Morgan fingerprint density at radius 3 is 2.56 bits per heavy atom. The highest BCUT2D eigenvalue weighted by Crippen LogP contribution is 2.34. The van der Waals surface area contributed by atoms with E-state index in [2.05, 4.69) is 5.32 Å². The van der Waals surface area contributed by atoms with Gasteiger partial charge in [-0.15, -0.1) is 0 Å². The van der Waals surface area contributed by atoms with Gasteiger partial charge in [0, 0.05) is 18.8 Å². The Hall–Kier alpha value is -1.92. The fourth-order valence-corrected chi connectivity index (χ4v) is 2.89. The van der Waals surface area contributed by atoms with Gasteiger partial charge < -0.3 is 15.0 Å². The Bertz CT molecular complexity index is 597. The second-order valence-electron chi connectivity index (χ2n) is 7.25. The van der Waals surface area contributed by atoms with Crippen LogP contribution in [0.25, 0.3) is 0 Å². The van der Waals surface area contributed by atoms with Crippen molar-refractivity contribution in [2.75, 3.05) is 18.4 Å². The molecule has 0 bridgehead atoms. The summed E-state index contributed by atoms with van der Waals surface area (Å²) in [4.78, 5) is 14.0. The molecule has 1 aromatic rings. The summed E-state index contributed by atoms with van der Waals surface area (Å²) < 4.78 is 44.7. The molecule has 1 aromatic carbocycles. The topological polar surface area (TPSA) is 41.6 Å². The molecule has 1 aliphatic heterocycles. The van der Waals surface area contributed by atoms with E-state index >= 15 is 0 Å². The molecule has 1 saturated heterocycles. The number of amides is 1. The summed E-state index contributed by atoms with van der Waals surface area (Å²) >= 11 is 0. The summed E-state index contributed by atoms with van der Waals surface area (Å²) in [6.45, 7) is 6.19. The molecule has 7 heteroatoms. The molecule has 2 rings (SSSR count). The molecule has 1 heterocycles.